The van der Waals surface area contributed by atoms with E-state index in [0.29, 0.717) is 22.8 Å². The van der Waals surface area contributed by atoms with Crippen LogP contribution in [0.15, 0.2) is 65.6 Å². The zero-order valence-electron chi connectivity index (χ0n) is 14.4. The Labute approximate surface area is 156 Å². The monoisotopic (exact) mass is 368 g/mol. The van der Waals surface area contributed by atoms with E-state index in [9.17, 15) is 9.59 Å². The zero-order valence-corrected chi connectivity index (χ0v) is 15.2. The van der Waals surface area contributed by atoms with Crippen molar-refractivity contribution in [3.63, 3.8) is 0 Å². The summed E-state index contributed by atoms with van der Waals surface area (Å²) in [5.74, 6) is -0.825. The normalized spacial score (nSPS) is 15.7. The van der Waals surface area contributed by atoms with Gasteiger partial charge >= 0.3 is 5.97 Å². The van der Waals surface area contributed by atoms with Crippen LogP contribution >= 0.6 is 11.6 Å². The third-order valence-electron chi connectivity index (χ3n) is 4.17. The molecular formula is C20H17ClN2O3. The number of hydrogen-bond acceptors (Lipinski definition) is 4. The number of hydrogen-bond donors (Lipinski definition) is 0. The third-order valence-corrected chi connectivity index (χ3v) is 4.51. The maximum Gasteiger partial charge on any atom is 0.340 e. The minimum absolute atomic E-state index is 0.251. The van der Waals surface area contributed by atoms with Gasteiger partial charge in [-0.15, -0.1) is 0 Å². The molecule has 0 unspecified atom stereocenters. The smallest absolute Gasteiger partial charge is 0.340 e. The van der Waals surface area contributed by atoms with Crippen molar-refractivity contribution in [2.24, 2.45) is 0 Å². The summed E-state index contributed by atoms with van der Waals surface area (Å²) in [6.07, 6.45) is 4.98. The molecule has 6 heteroatoms. The van der Waals surface area contributed by atoms with Gasteiger partial charge in [-0.1, -0.05) is 35.9 Å². The highest BCUT2D eigenvalue weighted by Gasteiger charge is 2.37. The first kappa shape index (κ1) is 17.9. The molecule has 0 atom stereocenters. The van der Waals surface area contributed by atoms with Gasteiger partial charge in [0, 0.05) is 23.1 Å². The van der Waals surface area contributed by atoms with Crippen LogP contribution in [0.3, 0.4) is 0 Å². The van der Waals surface area contributed by atoms with E-state index in [1.807, 2.05) is 12.1 Å². The number of nitrogens with zero attached hydrogens (tertiary/aromatic N) is 2. The number of allylic oxidation sites excluding steroid dienone is 1. The largest absolute Gasteiger partial charge is 0.465 e. The number of rotatable bonds is 4. The van der Waals surface area contributed by atoms with E-state index in [2.05, 4.69) is 4.98 Å². The van der Waals surface area contributed by atoms with E-state index in [1.54, 1.807) is 54.6 Å². The van der Waals surface area contributed by atoms with Crippen molar-refractivity contribution in [2.45, 2.75) is 13.5 Å². The van der Waals surface area contributed by atoms with Crippen LogP contribution in [0.2, 0.25) is 5.02 Å². The molecule has 1 amide bonds. The van der Waals surface area contributed by atoms with Gasteiger partial charge in [0.05, 0.1) is 24.8 Å². The summed E-state index contributed by atoms with van der Waals surface area (Å²) < 4.78 is 4.89. The molecule has 0 bridgehead atoms. The lowest BCUT2D eigenvalue weighted by molar-refractivity contribution is -0.136. The fourth-order valence-corrected chi connectivity index (χ4v) is 3.03. The number of pyridine rings is 1. The van der Waals surface area contributed by atoms with Gasteiger partial charge in [0.2, 0.25) is 0 Å². The molecule has 0 saturated carbocycles. The quantitative estimate of drug-likeness (QED) is 0.611. The lowest BCUT2D eigenvalue weighted by Crippen LogP contribution is -2.24. The Morgan fingerprint density at radius 1 is 1.27 bits per heavy atom. The standard InChI is InChI=1S/C20H17ClN2O3/c1-13-18(20(25)26-2)16(10-15-7-3-4-8-17(15)21)19(24)23(13)12-14-6-5-9-22-11-14/h3-11H,12H2,1-2H3/b16-10-. The van der Waals surface area contributed by atoms with E-state index < -0.39 is 5.97 Å². The molecule has 0 N–H and O–H groups in total. The topological polar surface area (TPSA) is 59.5 Å². The van der Waals surface area contributed by atoms with Gasteiger partial charge in [0.25, 0.3) is 5.91 Å². The average molecular weight is 369 g/mol. The van der Waals surface area contributed by atoms with Gasteiger partial charge < -0.3 is 9.64 Å². The van der Waals surface area contributed by atoms with Gasteiger partial charge in [-0.3, -0.25) is 9.78 Å². The van der Waals surface area contributed by atoms with E-state index in [4.69, 9.17) is 16.3 Å². The van der Waals surface area contributed by atoms with Crippen molar-refractivity contribution in [3.8, 4) is 0 Å². The lowest BCUT2D eigenvalue weighted by atomic mass is 10.0. The molecule has 1 aromatic heterocycles. The molecule has 0 spiro atoms. The summed E-state index contributed by atoms with van der Waals surface area (Å²) in [5, 5.41) is 0.500. The molecule has 2 aromatic rings. The first-order chi connectivity index (χ1) is 12.5. The number of carbonyl (C=O) groups excluding carboxylic acids is 2. The minimum atomic E-state index is -0.553. The Hall–Kier alpha value is -2.92. The van der Waals surface area contributed by atoms with Gasteiger partial charge in [-0.2, -0.15) is 0 Å². The van der Waals surface area contributed by atoms with Crippen molar-refractivity contribution in [2.75, 3.05) is 7.11 Å². The Morgan fingerprint density at radius 3 is 2.69 bits per heavy atom. The third kappa shape index (κ3) is 3.39. The fourth-order valence-electron chi connectivity index (χ4n) is 2.84. The highest BCUT2D eigenvalue weighted by molar-refractivity contribution is 6.32. The number of benzene rings is 1. The van der Waals surface area contributed by atoms with E-state index in [0.717, 1.165) is 5.56 Å². The predicted octanol–water partition coefficient (Wildman–Crippen LogP) is 3.61. The van der Waals surface area contributed by atoms with E-state index in [1.165, 1.54) is 7.11 Å². The minimum Gasteiger partial charge on any atom is -0.465 e. The molecule has 2 heterocycles. The molecule has 0 fully saturated rings. The molecule has 1 aromatic carbocycles. The number of ether oxygens (including phenoxy) is 1. The lowest BCUT2D eigenvalue weighted by Gasteiger charge is -2.17. The van der Waals surface area contributed by atoms with Crippen LogP contribution in [0.25, 0.3) is 6.08 Å². The molecule has 3 rings (SSSR count). The van der Waals surface area contributed by atoms with Crippen LogP contribution in [0, 0.1) is 0 Å². The molecule has 5 nitrogen and oxygen atoms in total. The van der Waals surface area contributed by atoms with Gasteiger partial charge in [-0.25, -0.2) is 4.79 Å². The molecule has 0 radical (unpaired) electrons. The van der Waals surface area contributed by atoms with Crippen molar-refractivity contribution in [3.05, 3.63) is 81.8 Å². The summed E-state index contributed by atoms with van der Waals surface area (Å²) in [6, 6.07) is 10.8. The van der Waals surface area contributed by atoms with Crippen molar-refractivity contribution < 1.29 is 14.3 Å². The predicted molar refractivity (Wildman–Crippen MR) is 98.9 cm³/mol. The molecule has 0 aliphatic carbocycles. The first-order valence-corrected chi connectivity index (χ1v) is 8.37. The second-order valence-corrected chi connectivity index (χ2v) is 6.19. The van der Waals surface area contributed by atoms with Crippen LogP contribution in [-0.4, -0.2) is 28.9 Å². The SMILES string of the molecule is COC(=O)C1=C(C)N(Cc2cccnc2)C(=O)/C1=C\c1ccccc1Cl. The first-order valence-electron chi connectivity index (χ1n) is 7.99. The molecule has 26 heavy (non-hydrogen) atoms. The molecule has 1 aliphatic heterocycles. The summed E-state index contributed by atoms with van der Waals surface area (Å²) in [6.45, 7) is 2.05. The average Bonchev–Trinajstić information content (AvgIpc) is 2.88. The molecule has 1 aliphatic rings. The van der Waals surface area contributed by atoms with Crippen LogP contribution in [0.4, 0.5) is 0 Å². The van der Waals surface area contributed by atoms with Crippen LogP contribution in [0.1, 0.15) is 18.1 Å². The Kier molecular flexibility index (Phi) is 5.19. The highest BCUT2D eigenvalue weighted by Crippen LogP contribution is 2.33. The van der Waals surface area contributed by atoms with Crippen molar-refractivity contribution in [1.82, 2.24) is 9.88 Å². The zero-order chi connectivity index (χ0) is 18.7. The molecular weight excluding hydrogens is 352 g/mol. The van der Waals surface area contributed by atoms with Crippen LogP contribution in [0.5, 0.6) is 0 Å². The van der Waals surface area contributed by atoms with Gasteiger partial charge in [0.15, 0.2) is 0 Å². The maximum atomic E-state index is 13.0. The van der Waals surface area contributed by atoms with E-state index >= 15 is 0 Å². The highest BCUT2D eigenvalue weighted by atomic mass is 35.5. The van der Waals surface area contributed by atoms with Crippen molar-refractivity contribution in [1.29, 1.82) is 0 Å². The number of esters is 1. The molecule has 132 valence electrons. The van der Waals surface area contributed by atoms with E-state index in [-0.39, 0.29) is 17.1 Å². The Balaban J connectivity index is 2.05. The Morgan fingerprint density at radius 2 is 2.04 bits per heavy atom. The number of carbonyl (C=O) groups is 2. The van der Waals surface area contributed by atoms with Crippen molar-refractivity contribution >= 4 is 29.6 Å². The number of aromatic nitrogens is 1. The summed E-state index contributed by atoms with van der Waals surface area (Å²) in [4.78, 5) is 30.9. The molecule has 0 saturated heterocycles. The summed E-state index contributed by atoms with van der Waals surface area (Å²) in [7, 11) is 1.30. The van der Waals surface area contributed by atoms with Crippen LogP contribution in [-0.2, 0) is 20.9 Å². The summed E-state index contributed by atoms with van der Waals surface area (Å²) in [5.41, 5.74) is 2.59. The number of amides is 1. The maximum absolute atomic E-state index is 13.0. The second-order valence-electron chi connectivity index (χ2n) is 5.78. The fraction of sp³-hybridized carbons (Fsp3) is 0.150. The second kappa shape index (κ2) is 7.54. The van der Waals surface area contributed by atoms with Crippen LogP contribution < -0.4 is 0 Å². The van der Waals surface area contributed by atoms with Gasteiger partial charge in [-0.05, 0) is 36.3 Å². The van der Waals surface area contributed by atoms with Gasteiger partial charge in [0.1, 0.15) is 0 Å². The summed E-state index contributed by atoms with van der Waals surface area (Å²) >= 11 is 6.20. The number of methoxy groups -OCH3 is 1. The Bertz CT molecular complexity index is 920. The number of halogens is 1.